The molecule has 0 aliphatic rings. The third-order valence-electron chi connectivity index (χ3n) is 2.71. The Kier molecular flexibility index (Phi) is 4.29. The summed E-state index contributed by atoms with van der Waals surface area (Å²) in [5, 5.41) is 8.67. The summed E-state index contributed by atoms with van der Waals surface area (Å²) in [7, 11) is -4.51. The van der Waals surface area contributed by atoms with E-state index < -0.39 is 43.9 Å². The van der Waals surface area contributed by atoms with Crippen LogP contribution in [0.4, 0.5) is 17.6 Å². The van der Waals surface area contributed by atoms with E-state index in [1.807, 2.05) is 0 Å². The Labute approximate surface area is 128 Å². The van der Waals surface area contributed by atoms with Crippen molar-refractivity contribution in [3.8, 4) is 11.8 Å². The smallest absolute Gasteiger partial charge is 0.379 e. The zero-order valence-corrected chi connectivity index (χ0v) is 12.0. The van der Waals surface area contributed by atoms with E-state index in [0.29, 0.717) is 6.07 Å². The van der Waals surface area contributed by atoms with Crippen molar-refractivity contribution in [1.82, 2.24) is 0 Å². The molecule has 2 aromatic rings. The molecule has 0 aromatic heterocycles. The van der Waals surface area contributed by atoms with E-state index in [1.165, 1.54) is 6.07 Å². The predicted octanol–water partition coefficient (Wildman–Crippen LogP) is 3.48. The van der Waals surface area contributed by atoms with Gasteiger partial charge in [-0.25, -0.2) is 4.39 Å². The number of nitrogens with zero attached hydrogens (tertiary/aromatic N) is 1. The fourth-order valence-corrected chi connectivity index (χ4v) is 2.59. The standard InChI is InChI=1S/C14H7F4NO3S/c15-13-5-4-12(6-9(13)8-19)23(20,21)22-11-3-1-2-10(7-11)14(16,17)18/h1-7H. The predicted molar refractivity (Wildman–Crippen MR) is 70.4 cm³/mol. The molecule has 0 unspecified atom stereocenters. The minimum absolute atomic E-state index is 0.520. The van der Waals surface area contributed by atoms with Gasteiger partial charge in [0.2, 0.25) is 0 Å². The molecule has 0 heterocycles. The van der Waals surface area contributed by atoms with Gasteiger partial charge in [-0.05, 0) is 36.4 Å². The van der Waals surface area contributed by atoms with Gasteiger partial charge in [0.05, 0.1) is 11.1 Å². The van der Waals surface area contributed by atoms with Crippen LogP contribution in [0.2, 0.25) is 0 Å². The second-order valence-corrected chi connectivity index (χ2v) is 5.86. The van der Waals surface area contributed by atoms with Crippen molar-refractivity contribution in [3.05, 3.63) is 59.4 Å². The molecule has 0 radical (unpaired) electrons. The second kappa shape index (κ2) is 5.89. The molecule has 0 fully saturated rings. The van der Waals surface area contributed by atoms with E-state index in [2.05, 4.69) is 4.18 Å². The molecule has 0 amide bonds. The van der Waals surface area contributed by atoms with Crippen LogP contribution in [0, 0.1) is 17.1 Å². The van der Waals surface area contributed by atoms with Gasteiger partial charge in [-0.1, -0.05) is 6.07 Å². The Bertz CT molecular complexity index is 886. The summed E-state index contributed by atoms with van der Waals surface area (Å²) in [5.41, 5.74) is -1.61. The van der Waals surface area contributed by atoms with Crippen molar-refractivity contribution in [1.29, 1.82) is 5.26 Å². The molecule has 0 aliphatic carbocycles. The number of benzene rings is 2. The molecule has 0 spiro atoms. The lowest BCUT2D eigenvalue weighted by atomic mass is 10.2. The van der Waals surface area contributed by atoms with Crippen LogP contribution in [0.3, 0.4) is 0 Å². The number of halogens is 4. The molecule has 4 nitrogen and oxygen atoms in total. The monoisotopic (exact) mass is 345 g/mol. The molecule has 0 N–H and O–H groups in total. The maximum absolute atomic E-state index is 13.2. The van der Waals surface area contributed by atoms with E-state index in [4.69, 9.17) is 5.26 Å². The SMILES string of the molecule is N#Cc1cc(S(=O)(=O)Oc2cccc(C(F)(F)F)c2)ccc1F. The average Bonchev–Trinajstić information content (AvgIpc) is 2.46. The molecule has 0 saturated heterocycles. The fourth-order valence-electron chi connectivity index (χ4n) is 1.64. The van der Waals surface area contributed by atoms with Crippen LogP contribution in [0.15, 0.2) is 47.4 Å². The lowest BCUT2D eigenvalue weighted by Crippen LogP contribution is -2.11. The van der Waals surface area contributed by atoms with Gasteiger partial charge in [0, 0.05) is 0 Å². The van der Waals surface area contributed by atoms with E-state index in [9.17, 15) is 26.0 Å². The lowest BCUT2D eigenvalue weighted by molar-refractivity contribution is -0.137. The molecular formula is C14H7F4NO3S. The van der Waals surface area contributed by atoms with Gasteiger partial charge in [-0.3, -0.25) is 0 Å². The van der Waals surface area contributed by atoms with E-state index in [1.54, 1.807) is 0 Å². The van der Waals surface area contributed by atoms with Crippen molar-refractivity contribution >= 4 is 10.1 Å². The van der Waals surface area contributed by atoms with Crippen LogP contribution in [0.25, 0.3) is 0 Å². The molecule has 23 heavy (non-hydrogen) atoms. The summed E-state index contributed by atoms with van der Waals surface area (Å²) in [5.74, 6) is -1.48. The van der Waals surface area contributed by atoms with Crippen molar-refractivity contribution in [2.75, 3.05) is 0 Å². The van der Waals surface area contributed by atoms with Gasteiger partial charge < -0.3 is 4.18 Å². The molecule has 2 rings (SSSR count). The summed E-state index contributed by atoms with van der Waals surface area (Å²) < 4.78 is 79.6. The van der Waals surface area contributed by atoms with Crippen LogP contribution in [0.1, 0.15) is 11.1 Å². The highest BCUT2D eigenvalue weighted by Crippen LogP contribution is 2.32. The van der Waals surface area contributed by atoms with Crippen molar-refractivity contribution in [2.24, 2.45) is 0 Å². The molecule has 2 aromatic carbocycles. The van der Waals surface area contributed by atoms with Gasteiger partial charge in [0.1, 0.15) is 22.5 Å². The van der Waals surface area contributed by atoms with Crippen LogP contribution >= 0.6 is 0 Å². The van der Waals surface area contributed by atoms with E-state index >= 15 is 0 Å². The van der Waals surface area contributed by atoms with Crippen molar-refractivity contribution in [3.63, 3.8) is 0 Å². The minimum atomic E-state index is -4.66. The number of alkyl halides is 3. The average molecular weight is 345 g/mol. The quantitative estimate of drug-likeness (QED) is 0.631. The first-order valence-electron chi connectivity index (χ1n) is 5.95. The normalized spacial score (nSPS) is 11.8. The number of hydrogen-bond acceptors (Lipinski definition) is 4. The highest BCUT2D eigenvalue weighted by molar-refractivity contribution is 7.87. The number of rotatable bonds is 3. The first kappa shape index (κ1) is 16.8. The maximum Gasteiger partial charge on any atom is 0.416 e. The topological polar surface area (TPSA) is 67.2 Å². The van der Waals surface area contributed by atoms with Crippen molar-refractivity contribution in [2.45, 2.75) is 11.1 Å². The third kappa shape index (κ3) is 3.78. The Morgan fingerprint density at radius 3 is 2.39 bits per heavy atom. The summed E-state index contributed by atoms with van der Waals surface area (Å²) >= 11 is 0. The van der Waals surface area contributed by atoms with Crippen LogP contribution in [0.5, 0.6) is 5.75 Å². The molecule has 120 valence electrons. The molecule has 0 bridgehead atoms. The third-order valence-corrected chi connectivity index (χ3v) is 3.96. The molecule has 0 atom stereocenters. The lowest BCUT2D eigenvalue weighted by Gasteiger charge is -2.10. The Morgan fingerprint density at radius 2 is 1.78 bits per heavy atom. The van der Waals surface area contributed by atoms with Gasteiger partial charge in [-0.15, -0.1) is 0 Å². The van der Waals surface area contributed by atoms with Gasteiger partial charge in [0.25, 0.3) is 0 Å². The maximum atomic E-state index is 13.2. The van der Waals surface area contributed by atoms with Gasteiger partial charge >= 0.3 is 16.3 Å². The largest absolute Gasteiger partial charge is 0.416 e. The summed E-state index contributed by atoms with van der Waals surface area (Å²) in [6.07, 6.45) is -4.66. The number of nitriles is 1. The highest BCUT2D eigenvalue weighted by Gasteiger charge is 2.31. The zero-order chi connectivity index (χ0) is 17.3. The molecule has 0 aliphatic heterocycles. The molecular weight excluding hydrogens is 338 g/mol. The Hall–Kier alpha value is -2.60. The van der Waals surface area contributed by atoms with Gasteiger partial charge in [-0.2, -0.15) is 26.9 Å². The van der Waals surface area contributed by atoms with E-state index in [0.717, 1.165) is 36.4 Å². The summed E-state index contributed by atoms with van der Waals surface area (Å²) in [6, 6.07) is 7.08. The molecule has 9 heteroatoms. The Morgan fingerprint density at radius 1 is 1.09 bits per heavy atom. The summed E-state index contributed by atoms with van der Waals surface area (Å²) in [4.78, 5) is -0.548. The van der Waals surface area contributed by atoms with Crippen LogP contribution in [-0.2, 0) is 16.3 Å². The Balaban J connectivity index is 2.38. The minimum Gasteiger partial charge on any atom is -0.379 e. The second-order valence-electron chi connectivity index (χ2n) is 4.32. The fraction of sp³-hybridized carbons (Fsp3) is 0.0714. The van der Waals surface area contributed by atoms with Gasteiger partial charge in [0.15, 0.2) is 0 Å². The van der Waals surface area contributed by atoms with Crippen LogP contribution in [-0.4, -0.2) is 8.42 Å². The number of hydrogen-bond donors (Lipinski definition) is 0. The van der Waals surface area contributed by atoms with Crippen molar-refractivity contribution < 1.29 is 30.2 Å². The summed E-state index contributed by atoms with van der Waals surface area (Å²) in [6.45, 7) is 0. The highest BCUT2D eigenvalue weighted by atomic mass is 32.2. The molecule has 0 saturated carbocycles. The van der Waals surface area contributed by atoms with E-state index in [-0.39, 0.29) is 0 Å². The van der Waals surface area contributed by atoms with Crippen LogP contribution < -0.4 is 4.18 Å². The zero-order valence-electron chi connectivity index (χ0n) is 11.1. The first-order valence-corrected chi connectivity index (χ1v) is 7.36. The first-order chi connectivity index (χ1) is 10.6.